The van der Waals surface area contributed by atoms with Gasteiger partial charge in [0.15, 0.2) is 0 Å². The summed E-state index contributed by atoms with van der Waals surface area (Å²) < 4.78 is 0. The minimum Gasteiger partial charge on any atom is -0.394 e. The van der Waals surface area contributed by atoms with Gasteiger partial charge in [-0.15, -0.1) is 0 Å². The third-order valence-corrected chi connectivity index (χ3v) is 14.5. The second-order valence-electron chi connectivity index (χ2n) is 20.9. The van der Waals surface area contributed by atoms with E-state index in [0.717, 1.165) is 32.1 Å². The standard InChI is InChI=1S/C59H119NO4/c1-3-5-7-9-11-13-15-17-19-21-23-24-25-26-27-28-29-30-31-32-33-34-35-36-38-40-42-44-46-48-50-52-54-58(63)60-56(55-61)59(64)57(62)53-51-49-47-45-43-41-39-37-22-20-18-16-14-12-10-8-6-4-2/h56-57,59,61-62,64H,3-55H2,1-2H3,(H,60,63). The van der Waals surface area contributed by atoms with E-state index in [2.05, 4.69) is 19.2 Å². The van der Waals surface area contributed by atoms with E-state index in [-0.39, 0.29) is 12.5 Å². The second kappa shape index (κ2) is 55.0. The van der Waals surface area contributed by atoms with Crippen LogP contribution in [0, 0.1) is 0 Å². The van der Waals surface area contributed by atoms with Gasteiger partial charge in [0, 0.05) is 6.42 Å². The SMILES string of the molecule is CCCCCCCCCCCCCCCCCCCCCCCCCCCCCCCCCCC(=O)NC(CO)C(O)C(O)CCCCCCCCCCCCCCCCCCCC. The maximum Gasteiger partial charge on any atom is 0.220 e. The molecule has 0 fully saturated rings. The third kappa shape index (κ3) is 49.3. The fourth-order valence-electron chi connectivity index (χ4n) is 9.87. The monoisotopic (exact) mass is 906 g/mol. The highest BCUT2D eigenvalue weighted by molar-refractivity contribution is 5.76. The minimum absolute atomic E-state index is 0.135. The molecule has 3 unspecified atom stereocenters. The van der Waals surface area contributed by atoms with Gasteiger partial charge in [0.05, 0.1) is 18.8 Å². The van der Waals surface area contributed by atoms with Crippen molar-refractivity contribution in [3.63, 3.8) is 0 Å². The van der Waals surface area contributed by atoms with E-state index in [1.54, 1.807) is 0 Å². The molecule has 64 heavy (non-hydrogen) atoms. The normalized spacial score (nSPS) is 13.1. The maximum atomic E-state index is 12.5. The van der Waals surface area contributed by atoms with Crippen LogP contribution in [-0.4, -0.2) is 46.1 Å². The van der Waals surface area contributed by atoms with Crippen molar-refractivity contribution >= 4 is 5.91 Å². The van der Waals surface area contributed by atoms with Crippen molar-refractivity contribution in [2.24, 2.45) is 0 Å². The molecule has 0 saturated carbocycles. The number of aliphatic hydroxyl groups is 3. The fourth-order valence-corrected chi connectivity index (χ4v) is 9.87. The van der Waals surface area contributed by atoms with E-state index < -0.39 is 18.2 Å². The zero-order valence-electron chi connectivity index (χ0n) is 44.0. The fraction of sp³-hybridized carbons (Fsp3) is 0.983. The van der Waals surface area contributed by atoms with Gasteiger partial charge in [-0.25, -0.2) is 0 Å². The van der Waals surface area contributed by atoms with E-state index >= 15 is 0 Å². The molecular weight excluding hydrogens is 787 g/mol. The van der Waals surface area contributed by atoms with Crippen LogP contribution in [0.3, 0.4) is 0 Å². The van der Waals surface area contributed by atoms with Crippen molar-refractivity contribution in [2.75, 3.05) is 6.61 Å². The number of hydrogen-bond donors (Lipinski definition) is 4. The molecule has 0 radical (unpaired) electrons. The topological polar surface area (TPSA) is 89.8 Å². The van der Waals surface area contributed by atoms with Crippen molar-refractivity contribution in [1.29, 1.82) is 0 Å². The van der Waals surface area contributed by atoms with Crippen LogP contribution >= 0.6 is 0 Å². The van der Waals surface area contributed by atoms with Crippen LogP contribution in [0.1, 0.15) is 348 Å². The average molecular weight is 907 g/mol. The maximum absolute atomic E-state index is 12.5. The zero-order chi connectivity index (χ0) is 46.5. The lowest BCUT2D eigenvalue weighted by Crippen LogP contribution is -2.50. The van der Waals surface area contributed by atoms with Crippen LogP contribution in [0.15, 0.2) is 0 Å². The quantitative estimate of drug-likeness (QED) is 0.0458. The molecule has 5 heteroatoms. The highest BCUT2D eigenvalue weighted by atomic mass is 16.3. The first-order valence-corrected chi connectivity index (χ1v) is 29.8. The van der Waals surface area contributed by atoms with E-state index in [9.17, 15) is 20.1 Å². The number of rotatable bonds is 56. The smallest absolute Gasteiger partial charge is 0.220 e. The van der Waals surface area contributed by atoms with Crippen molar-refractivity contribution in [1.82, 2.24) is 5.32 Å². The van der Waals surface area contributed by atoms with Crippen LogP contribution in [-0.2, 0) is 4.79 Å². The molecule has 0 aliphatic carbocycles. The molecule has 0 rings (SSSR count). The van der Waals surface area contributed by atoms with E-state index in [4.69, 9.17) is 0 Å². The zero-order valence-corrected chi connectivity index (χ0v) is 44.0. The third-order valence-electron chi connectivity index (χ3n) is 14.5. The summed E-state index contributed by atoms with van der Waals surface area (Å²) in [6, 6.07) is -0.804. The van der Waals surface area contributed by atoms with Gasteiger partial charge in [0.1, 0.15) is 6.10 Å². The molecule has 0 aliphatic heterocycles. The van der Waals surface area contributed by atoms with Gasteiger partial charge in [0.2, 0.25) is 5.91 Å². The van der Waals surface area contributed by atoms with Crippen molar-refractivity contribution in [2.45, 2.75) is 366 Å². The Kier molecular flexibility index (Phi) is 54.4. The van der Waals surface area contributed by atoms with E-state index in [1.165, 1.54) is 289 Å². The molecule has 0 heterocycles. The Morgan fingerprint density at radius 1 is 0.328 bits per heavy atom. The Labute approximate surface area is 402 Å². The van der Waals surface area contributed by atoms with Gasteiger partial charge in [-0.2, -0.15) is 0 Å². The summed E-state index contributed by atoms with van der Waals surface area (Å²) in [6.07, 6.45) is 67.1. The first-order valence-electron chi connectivity index (χ1n) is 29.8. The Balaban J connectivity index is 3.44. The van der Waals surface area contributed by atoms with Crippen molar-refractivity contribution < 1.29 is 20.1 Å². The molecule has 0 aromatic heterocycles. The van der Waals surface area contributed by atoms with Crippen LogP contribution < -0.4 is 5.32 Å². The van der Waals surface area contributed by atoms with Gasteiger partial charge >= 0.3 is 0 Å². The average Bonchev–Trinajstić information content (AvgIpc) is 3.30. The lowest BCUT2D eigenvalue weighted by molar-refractivity contribution is -0.124. The summed E-state index contributed by atoms with van der Waals surface area (Å²) in [6.45, 7) is 4.23. The first kappa shape index (κ1) is 63.4. The first-order chi connectivity index (χ1) is 31.6. The summed E-state index contributed by atoms with van der Waals surface area (Å²) in [5, 5.41) is 33.8. The summed E-state index contributed by atoms with van der Waals surface area (Å²) in [4.78, 5) is 12.5. The van der Waals surface area contributed by atoms with Crippen LogP contribution in [0.25, 0.3) is 0 Å². The molecule has 1 amide bonds. The number of unbranched alkanes of at least 4 members (excludes halogenated alkanes) is 48. The Morgan fingerprint density at radius 2 is 0.531 bits per heavy atom. The van der Waals surface area contributed by atoms with E-state index in [0.29, 0.717) is 12.8 Å². The predicted molar refractivity (Wildman–Crippen MR) is 282 cm³/mol. The van der Waals surface area contributed by atoms with Gasteiger partial charge in [-0.1, -0.05) is 328 Å². The highest BCUT2D eigenvalue weighted by Crippen LogP contribution is 2.19. The Morgan fingerprint density at radius 3 is 0.750 bits per heavy atom. The van der Waals surface area contributed by atoms with Crippen molar-refractivity contribution in [3.8, 4) is 0 Å². The summed E-state index contributed by atoms with van der Waals surface area (Å²) >= 11 is 0. The van der Waals surface area contributed by atoms with Crippen molar-refractivity contribution in [3.05, 3.63) is 0 Å². The van der Waals surface area contributed by atoms with Gasteiger partial charge in [0.25, 0.3) is 0 Å². The largest absolute Gasteiger partial charge is 0.394 e. The van der Waals surface area contributed by atoms with Crippen LogP contribution in [0.2, 0.25) is 0 Å². The number of nitrogens with one attached hydrogen (secondary N) is 1. The number of hydrogen-bond acceptors (Lipinski definition) is 4. The Bertz CT molecular complexity index is 868. The second-order valence-corrected chi connectivity index (χ2v) is 20.9. The molecular formula is C59H119NO4. The number of amides is 1. The molecule has 4 N–H and O–H groups in total. The van der Waals surface area contributed by atoms with E-state index in [1.807, 2.05) is 0 Å². The molecule has 0 saturated heterocycles. The lowest BCUT2D eigenvalue weighted by Gasteiger charge is -2.26. The molecule has 3 atom stereocenters. The molecule has 0 bridgehead atoms. The highest BCUT2D eigenvalue weighted by Gasteiger charge is 2.26. The number of carbonyl (C=O) groups excluding carboxylic acids is 1. The van der Waals surface area contributed by atoms with Gasteiger partial charge in [-0.3, -0.25) is 4.79 Å². The lowest BCUT2D eigenvalue weighted by atomic mass is 9.99. The minimum atomic E-state index is -1.13. The summed E-state index contributed by atoms with van der Waals surface area (Å²) in [7, 11) is 0. The molecule has 0 aromatic rings. The molecule has 0 spiro atoms. The molecule has 5 nitrogen and oxygen atoms in total. The predicted octanol–water partition coefficient (Wildman–Crippen LogP) is 18.5. The molecule has 384 valence electrons. The number of aliphatic hydroxyl groups excluding tert-OH is 3. The van der Waals surface area contributed by atoms with Gasteiger partial charge in [-0.05, 0) is 12.8 Å². The molecule has 0 aliphatic rings. The number of carbonyl (C=O) groups is 1. The van der Waals surface area contributed by atoms with Crippen LogP contribution in [0.5, 0.6) is 0 Å². The van der Waals surface area contributed by atoms with Gasteiger partial charge < -0.3 is 20.6 Å². The summed E-state index contributed by atoms with van der Waals surface area (Å²) in [5.74, 6) is -0.135. The Hall–Kier alpha value is -0.650. The van der Waals surface area contributed by atoms with Crippen LogP contribution in [0.4, 0.5) is 0 Å². The molecule has 0 aromatic carbocycles. The summed E-state index contributed by atoms with van der Waals surface area (Å²) in [5.41, 5.74) is 0.